The molecule has 5 nitrogen and oxygen atoms in total. The number of rotatable bonds is 4. The number of halogens is 1. The van der Waals surface area contributed by atoms with E-state index in [1.807, 2.05) is 42.2 Å². The molecule has 0 saturated heterocycles. The lowest BCUT2D eigenvalue weighted by atomic mass is 10.0. The van der Waals surface area contributed by atoms with Crippen molar-refractivity contribution in [3.8, 4) is 0 Å². The molecule has 6 heteroatoms. The molecule has 136 valence electrons. The number of anilines is 2. The number of urea groups is 1. The van der Waals surface area contributed by atoms with Crippen LogP contribution in [-0.2, 0) is 17.8 Å². The van der Waals surface area contributed by atoms with Crippen LogP contribution < -0.4 is 15.5 Å². The van der Waals surface area contributed by atoms with Crippen molar-refractivity contribution >= 4 is 34.9 Å². The van der Waals surface area contributed by atoms with E-state index in [4.69, 9.17) is 11.6 Å². The standard InChI is InChI=1S/C20H22ClN3O2/c1-2-19(25)24-11-3-4-15-7-10-17(12-18(15)24)23-20(26)22-13-14-5-8-16(21)9-6-14/h5-10,12H,2-4,11,13H2,1H3,(H2,22,23,26). The Morgan fingerprint density at radius 1 is 1.15 bits per heavy atom. The highest BCUT2D eigenvalue weighted by molar-refractivity contribution is 6.30. The first-order chi connectivity index (χ1) is 12.6. The molecule has 1 aliphatic rings. The van der Waals surface area contributed by atoms with E-state index in [1.54, 1.807) is 12.1 Å². The monoisotopic (exact) mass is 371 g/mol. The van der Waals surface area contributed by atoms with E-state index in [1.165, 1.54) is 0 Å². The van der Waals surface area contributed by atoms with Crippen LogP contribution in [0, 0.1) is 0 Å². The molecule has 0 aromatic heterocycles. The Morgan fingerprint density at radius 2 is 1.92 bits per heavy atom. The second kappa shape index (κ2) is 8.23. The molecule has 0 radical (unpaired) electrons. The largest absolute Gasteiger partial charge is 0.334 e. The number of hydrogen-bond acceptors (Lipinski definition) is 2. The Labute approximate surface area is 158 Å². The summed E-state index contributed by atoms with van der Waals surface area (Å²) in [6.07, 6.45) is 2.39. The van der Waals surface area contributed by atoms with Crippen molar-refractivity contribution in [1.82, 2.24) is 5.32 Å². The van der Waals surface area contributed by atoms with E-state index in [2.05, 4.69) is 10.6 Å². The topological polar surface area (TPSA) is 61.4 Å². The smallest absolute Gasteiger partial charge is 0.319 e. The molecule has 3 rings (SSSR count). The molecule has 0 fully saturated rings. The Kier molecular flexibility index (Phi) is 5.78. The second-order valence-electron chi connectivity index (χ2n) is 6.28. The minimum Gasteiger partial charge on any atom is -0.334 e. The number of nitrogens with zero attached hydrogens (tertiary/aromatic N) is 1. The molecule has 1 heterocycles. The van der Waals surface area contributed by atoms with E-state index in [9.17, 15) is 9.59 Å². The molecule has 0 saturated carbocycles. The highest BCUT2D eigenvalue weighted by atomic mass is 35.5. The van der Waals surface area contributed by atoms with E-state index >= 15 is 0 Å². The quantitative estimate of drug-likeness (QED) is 0.839. The molecule has 0 atom stereocenters. The van der Waals surface area contributed by atoms with Gasteiger partial charge in [0.15, 0.2) is 0 Å². The average molecular weight is 372 g/mol. The Morgan fingerprint density at radius 3 is 2.65 bits per heavy atom. The van der Waals surface area contributed by atoms with Crippen molar-refractivity contribution in [3.05, 3.63) is 58.6 Å². The summed E-state index contributed by atoms with van der Waals surface area (Å²) in [7, 11) is 0. The van der Waals surface area contributed by atoms with E-state index in [0.717, 1.165) is 36.2 Å². The lowest BCUT2D eigenvalue weighted by Crippen LogP contribution is -2.35. The van der Waals surface area contributed by atoms with Crippen LogP contribution in [-0.4, -0.2) is 18.5 Å². The minimum absolute atomic E-state index is 0.107. The fourth-order valence-electron chi connectivity index (χ4n) is 3.06. The summed E-state index contributed by atoms with van der Waals surface area (Å²) in [6, 6.07) is 12.8. The Balaban J connectivity index is 1.65. The maximum absolute atomic E-state index is 12.2. The van der Waals surface area contributed by atoms with Gasteiger partial charge < -0.3 is 15.5 Å². The predicted octanol–water partition coefficient (Wildman–Crippen LogP) is 4.35. The number of carbonyl (C=O) groups excluding carboxylic acids is 2. The third-order valence-electron chi connectivity index (χ3n) is 4.43. The van der Waals surface area contributed by atoms with Gasteiger partial charge in [-0.05, 0) is 48.2 Å². The number of fused-ring (bicyclic) bond motifs is 1. The maximum atomic E-state index is 12.2. The van der Waals surface area contributed by atoms with Crippen molar-refractivity contribution in [2.24, 2.45) is 0 Å². The van der Waals surface area contributed by atoms with Crippen LogP contribution in [0.4, 0.5) is 16.2 Å². The van der Waals surface area contributed by atoms with Gasteiger partial charge in [-0.3, -0.25) is 4.79 Å². The fourth-order valence-corrected chi connectivity index (χ4v) is 3.19. The zero-order chi connectivity index (χ0) is 18.5. The fraction of sp³-hybridized carbons (Fsp3) is 0.300. The van der Waals surface area contributed by atoms with Gasteiger partial charge in [-0.15, -0.1) is 0 Å². The van der Waals surface area contributed by atoms with Crippen LogP contribution >= 0.6 is 11.6 Å². The molecule has 0 unspecified atom stereocenters. The summed E-state index contributed by atoms with van der Waals surface area (Å²) in [5, 5.41) is 6.32. The summed E-state index contributed by atoms with van der Waals surface area (Å²) in [5.74, 6) is 0.107. The van der Waals surface area contributed by atoms with Crippen molar-refractivity contribution in [1.29, 1.82) is 0 Å². The van der Waals surface area contributed by atoms with Gasteiger partial charge in [0, 0.05) is 35.9 Å². The lowest BCUT2D eigenvalue weighted by Gasteiger charge is -2.29. The Hall–Kier alpha value is -2.53. The molecule has 0 bridgehead atoms. The van der Waals surface area contributed by atoms with E-state index in [0.29, 0.717) is 23.7 Å². The summed E-state index contributed by atoms with van der Waals surface area (Å²) >= 11 is 5.86. The number of nitrogens with one attached hydrogen (secondary N) is 2. The molecular formula is C20H22ClN3O2. The summed E-state index contributed by atoms with van der Waals surface area (Å²) in [5.41, 5.74) is 3.69. The highest BCUT2D eigenvalue weighted by Gasteiger charge is 2.21. The van der Waals surface area contributed by atoms with Gasteiger partial charge in [0.1, 0.15) is 0 Å². The van der Waals surface area contributed by atoms with Crippen molar-refractivity contribution in [2.75, 3.05) is 16.8 Å². The van der Waals surface area contributed by atoms with Crippen molar-refractivity contribution in [2.45, 2.75) is 32.7 Å². The predicted molar refractivity (Wildman–Crippen MR) is 105 cm³/mol. The minimum atomic E-state index is -0.288. The van der Waals surface area contributed by atoms with Gasteiger partial charge >= 0.3 is 6.03 Å². The summed E-state index contributed by atoms with van der Waals surface area (Å²) < 4.78 is 0. The van der Waals surface area contributed by atoms with Gasteiger partial charge in [0.25, 0.3) is 0 Å². The van der Waals surface area contributed by atoms with Crippen LogP contribution in [0.25, 0.3) is 0 Å². The third kappa shape index (κ3) is 4.35. The first-order valence-electron chi connectivity index (χ1n) is 8.79. The van der Waals surface area contributed by atoms with Crippen LogP contribution in [0.15, 0.2) is 42.5 Å². The lowest BCUT2D eigenvalue weighted by molar-refractivity contribution is -0.118. The number of amides is 3. The first-order valence-corrected chi connectivity index (χ1v) is 9.17. The maximum Gasteiger partial charge on any atom is 0.319 e. The molecule has 3 amide bonds. The van der Waals surface area contributed by atoms with E-state index < -0.39 is 0 Å². The van der Waals surface area contributed by atoms with Gasteiger partial charge in [0.2, 0.25) is 5.91 Å². The normalized spacial score (nSPS) is 13.1. The summed E-state index contributed by atoms with van der Waals surface area (Å²) in [6.45, 7) is 3.00. The molecule has 1 aliphatic heterocycles. The zero-order valence-electron chi connectivity index (χ0n) is 14.7. The Bertz CT molecular complexity index is 805. The van der Waals surface area contributed by atoms with E-state index in [-0.39, 0.29) is 11.9 Å². The molecule has 26 heavy (non-hydrogen) atoms. The van der Waals surface area contributed by atoms with Crippen LogP contribution in [0.1, 0.15) is 30.9 Å². The van der Waals surface area contributed by atoms with Crippen LogP contribution in [0.2, 0.25) is 5.02 Å². The summed E-state index contributed by atoms with van der Waals surface area (Å²) in [4.78, 5) is 26.1. The average Bonchev–Trinajstić information content (AvgIpc) is 2.66. The number of carbonyl (C=O) groups is 2. The molecule has 0 aliphatic carbocycles. The highest BCUT2D eigenvalue weighted by Crippen LogP contribution is 2.30. The van der Waals surface area contributed by atoms with Gasteiger partial charge in [0.05, 0.1) is 0 Å². The van der Waals surface area contributed by atoms with Crippen molar-refractivity contribution in [3.63, 3.8) is 0 Å². The number of hydrogen-bond donors (Lipinski definition) is 2. The molecular weight excluding hydrogens is 350 g/mol. The van der Waals surface area contributed by atoms with Crippen molar-refractivity contribution < 1.29 is 9.59 Å². The molecule has 0 spiro atoms. The molecule has 2 aromatic carbocycles. The van der Waals surface area contributed by atoms with Gasteiger partial charge in [-0.2, -0.15) is 0 Å². The van der Waals surface area contributed by atoms with Crippen LogP contribution in [0.5, 0.6) is 0 Å². The first kappa shape index (κ1) is 18.3. The number of benzene rings is 2. The second-order valence-corrected chi connectivity index (χ2v) is 6.72. The molecule has 2 N–H and O–H groups in total. The SMILES string of the molecule is CCC(=O)N1CCCc2ccc(NC(=O)NCc3ccc(Cl)cc3)cc21. The van der Waals surface area contributed by atoms with Gasteiger partial charge in [-0.25, -0.2) is 4.79 Å². The van der Waals surface area contributed by atoms with Gasteiger partial charge in [-0.1, -0.05) is 36.7 Å². The zero-order valence-corrected chi connectivity index (χ0v) is 15.5. The third-order valence-corrected chi connectivity index (χ3v) is 4.68. The molecule has 2 aromatic rings. The van der Waals surface area contributed by atoms with Crippen LogP contribution in [0.3, 0.4) is 0 Å². The number of aryl methyl sites for hydroxylation is 1.